The summed E-state index contributed by atoms with van der Waals surface area (Å²) in [5.41, 5.74) is 2.45. The van der Waals surface area contributed by atoms with Crippen LogP contribution in [0.25, 0.3) is 21.6 Å². The van der Waals surface area contributed by atoms with Crippen molar-refractivity contribution in [3.8, 4) is 10.6 Å². The van der Waals surface area contributed by atoms with Gasteiger partial charge in [0.25, 0.3) is 10.0 Å². The third-order valence-electron chi connectivity index (χ3n) is 7.33. The number of benzene rings is 1. The van der Waals surface area contributed by atoms with Crippen molar-refractivity contribution in [1.82, 2.24) is 18.8 Å². The second-order valence-electron chi connectivity index (χ2n) is 9.29. The zero-order chi connectivity index (χ0) is 23.8. The molecule has 4 aromatic rings. The van der Waals surface area contributed by atoms with Crippen LogP contribution in [0.4, 0.5) is 0 Å². The maximum Gasteiger partial charge on any atom is 0.269 e. The molecular formula is C26H28N4O3S2. The first-order valence-corrected chi connectivity index (χ1v) is 14.5. The number of thiazole rings is 1. The number of rotatable bonds is 5. The van der Waals surface area contributed by atoms with Gasteiger partial charge in [0.2, 0.25) is 0 Å². The molecular weight excluding hydrogens is 480 g/mol. The molecule has 3 aromatic heterocycles. The maximum atomic E-state index is 13.5. The standard InChI is InChI=1S/C26H28N4O3S2/c31-35(32,22-4-2-1-3-5-22)30-18-24(26-27-10-15-34-26)23-16-20(17-28-25(23)30)19-6-8-21(9-7-19)29-11-13-33-14-12-29/h1-5,10,15-19,21H,6-9,11-14H2/t19-,21-. The Labute approximate surface area is 209 Å². The molecule has 2 aliphatic rings. The number of morpholine rings is 1. The highest BCUT2D eigenvalue weighted by Crippen LogP contribution is 2.39. The van der Waals surface area contributed by atoms with Crippen molar-refractivity contribution in [3.63, 3.8) is 0 Å². The van der Waals surface area contributed by atoms with Crippen LogP contribution in [0, 0.1) is 0 Å². The van der Waals surface area contributed by atoms with Gasteiger partial charge in [-0.2, -0.15) is 0 Å². The molecule has 6 rings (SSSR count). The lowest BCUT2D eigenvalue weighted by atomic mass is 9.81. The molecule has 1 saturated heterocycles. The van der Waals surface area contributed by atoms with E-state index < -0.39 is 10.0 Å². The Bertz CT molecular complexity index is 1400. The summed E-state index contributed by atoms with van der Waals surface area (Å²) in [7, 11) is -3.78. The molecule has 1 saturated carbocycles. The van der Waals surface area contributed by atoms with Crippen LogP contribution in [0.5, 0.6) is 0 Å². The van der Waals surface area contributed by atoms with Crippen LogP contribution in [-0.4, -0.2) is 59.6 Å². The minimum absolute atomic E-state index is 0.245. The van der Waals surface area contributed by atoms with Crippen LogP contribution in [0.1, 0.15) is 37.2 Å². The summed E-state index contributed by atoms with van der Waals surface area (Å²) in [4.78, 5) is 12.0. The van der Waals surface area contributed by atoms with Gasteiger partial charge in [0.05, 0.1) is 18.1 Å². The molecule has 0 unspecified atom stereocenters. The molecule has 2 fully saturated rings. The SMILES string of the molecule is O=S(=O)(c1ccccc1)n1cc(-c2nccs2)c2cc([C@H]3CC[C@H](N4CCOCC4)CC3)cnc21. The Morgan fingerprint density at radius 1 is 1.00 bits per heavy atom. The molecule has 0 spiro atoms. The largest absolute Gasteiger partial charge is 0.379 e. The van der Waals surface area contributed by atoms with Gasteiger partial charge in [0.15, 0.2) is 5.65 Å². The van der Waals surface area contributed by atoms with E-state index in [0.29, 0.717) is 17.6 Å². The van der Waals surface area contributed by atoms with Crippen LogP contribution < -0.4 is 0 Å². The maximum absolute atomic E-state index is 13.5. The number of ether oxygens (including phenoxy) is 1. The molecule has 1 aliphatic carbocycles. The topological polar surface area (TPSA) is 77.3 Å². The van der Waals surface area contributed by atoms with Crippen molar-refractivity contribution >= 4 is 32.4 Å². The average molecular weight is 509 g/mol. The van der Waals surface area contributed by atoms with Crippen molar-refractivity contribution in [2.24, 2.45) is 0 Å². The van der Waals surface area contributed by atoms with E-state index >= 15 is 0 Å². The van der Waals surface area contributed by atoms with Crippen molar-refractivity contribution in [3.05, 3.63) is 65.9 Å². The highest BCUT2D eigenvalue weighted by Gasteiger charge is 2.29. The van der Waals surface area contributed by atoms with E-state index in [-0.39, 0.29) is 4.90 Å². The van der Waals surface area contributed by atoms with E-state index in [9.17, 15) is 8.42 Å². The van der Waals surface area contributed by atoms with Gasteiger partial charge < -0.3 is 4.74 Å². The summed E-state index contributed by atoms with van der Waals surface area (Å²) in [6.07, 6.45) is 9.88. The molecule has 35 heavy (non-hydrogen) atoms. The van der Waals surface area contributed by atoms with Gasteiger partial charge in [-0.15, -0.1) is 11.3 Å². The number of nitrogens with zero attached hydrogens (tertiary/aromatic N) is 4. The molecule has 4 heterocycles. The van der Waals surface area contributed by atoms with Gasteiger partial charge in [-0.3, -0.25) is 4.90 Å². The average Bonchev–Trinajstić information content (AvgIpc) is 3.58. The van der Waals surface area contributed by atoms with E-state index in [2.05, 4.69) is 16.0 Å². The molecule has 9 heteroatoms. The predicted molar refractivity (Wildman–Crippen MR) is 137 cm³/mol. The Morgan fingerprint density at radius 2 is 1.77 bits per heavy atom. The van der Waals surface area contributed by atoms with Crippen LogP contribution >= 0.6 is 11.3 Å². The lowest BCUT2D eigenvalue weighted by molar-refractivity contribution is 0.00729. The van der Waals surface area contributed by atoms with Crippen LogP contribution in [0.15, 0.2) is 65.3 Å². The smallest absolute Gasteiger partial charge is 0.269 e. The molecule has 0 bridgehead atoms. The van der Waals surface area contributed by atoms with Gasteiger partial charge in [-0.25, -0.2) is 22.4 Å². The molecule has 1 aromatic carbocycles. The van der Waals surface area contributed by atoms with Crippen molar-refractivity contribution in [2.75, 3.05) is 26.3 Å². The number of fused-ring (bicyclic) bond motifs is 1. The summed E-state index contributed by atoms with van der Waals surface area (Å²) in [6.45, 7) is 3.73. The zero-order valence-corrected chi connectivity index (χ0v) is 21.0. The van der Waals surface area contributed by atoms with Crippen molar-refractivity contribution in [2.45, 2.75) is 42.5 Å². The van der Waals surface area contributed by atoms with Crippen LogP contribution in [0.3, 0.4) is 0 Å². The molecule has 7 nitrogen and oxygen atoms in total. The minimum atomic E-state index is -3.78. The third-order valence-corrected chi connectivity index (χ3v) is 9.80. The zero-order valence-electron chi connectivity index (χ0n) is 19.4. The quantitative estimate of drug-likeness (QED) is 0.387. The molecule has 1 aliphatic heterocycles. The summed E-state index contributed by atoms with van der Waals surface area (Å²) in [5, 5.41) is 3.55. The Balaban J connectivity index is 1.35. The third kappa shape index (κ3) is 4.31. The van der Waals surface area contributed by atoms with Gasteiger partial charge in [-0.05, 0) is 55.4 Å². The Kier molecular flexibility index (Phi) is 6.18. The van der Waals surface area contributed by atoms with Crippen molar-refractivity contribution in [1.29, 1.82) is 0 Å². The van der Waals surface area contributed by atoms with Gasteiger partial charge in [0.1, 0.15) is 5.01 Å². The number of hydrogen-bond donors (Lipinski definition) is 0. The van der Waals surface area contributed by atoms with E-state index in [1.54, 1.807) is 36.7 Å². The molecule has 0 N–H and O–H groups in total. The summed E-state index contributed by atoms with van der Waals surface area (Å²) in [6, 6.07) is 11.3. The highest BCUT2D eigenvalue weighted by atomic mass is 32.2. The minimum Gasteiger partial charge on any atom is -0.379 e. The van der Waals surface area contributed by atoms with E-state index in [0.717, 1.165) is 55.1 Å². The number of pyridine rings is 1. The second kappa shape index (κ2) is 9.46. The lowest BCUT2D eigenvalue weighted by Gasteiger charge is -2.38. The van der Waals surface area contributed by atoms with E-state index in [1.807, 2.05) is 17.6 Å². The Hall–Kier alpha value is -2.59. The number of aromatic nitrogens is 3. The molecule has 0 atom stereocenters. The summed E-state index contributed by atoms with van der Waals surface area (Å²) < 4.78 is 33.8. The molecule has 182 valence electrons. The van der Waals surface area contributed by atoms with E-state index in [4.69, 9.17) is 9.72 Å². The molecule has 0 amide bonds. The normalized spacial score (nSPS) is 21.9. The fourth-order valence-electron chi connectivity index (χ4n) is 5.45. The van der Waals surface area contributed by atoms with Gasteiger partial charge >= 0.3 is 0 Å². The van der Waals surface area contributed by atoms with Gasteiger partial charge in [-0.1, -0.05) is 18.2 Å². The first kappa shape index (κ1) is 22.8. The molecule has 0 radical (unpaired) electrons. The summed E-state index contributed by atoms with van der Waals surface area (Å²) in [5.74, 6) is 0.433. The number of hydrogen-bond acceptors (Lipinski definition) is 7. The first-order valence-electron chi connectivity index (χ1n) is 12.1. The fraction of sp³-hybridized carbons (Fsp3) is 0.385. The predicted octanol–water partition coefficient (Wildman–Crippen LogP) is 4.76. The van der Waals surface area contributed by atoms with Crippen LogP contribution in [0.2, 0.25) is 0 Å². The highest BCUT2D eigenvalue weighted by molar-refractivity contribution is 7.90. The second-order valence-corrected chi connectivity index (χ2v) is 12.0. The van der Waals surface area contributed by atoms with Gasteiger partial charge in [0, 0.05) is 54.1 Å². The van der Waals surface area contributed by atoms with Crippen molar-refractivity contribution < 1.29 is 13.2 Å². The summed E-state index contributed by atoms with van der Waals surface area (Å²) >= 11 is 1.51. The van der Waals surface area contributed by atoms with E-state index in [1.165, 1.54) is 33.7 Å². The lowest BCUT2D eigenvalue weighted by Crippen LogP contribution is -2.44. The Morgan fingerprint density at radius 3 is 2.49 bits per heavy atom. The fourth-order valence-corrected chi connectivity index (χ4v) is 7.46. The van der Waals surface area contributed by atoms with Crippen LogP contribution in [-0.2, 0) is 14.8 Å². The first-order chi connectivity index (χ1) is 17.1. The monoisotopic (exact) mass is 508 g/mol.